The average molecular weight is 417 g/mol. The summed E-state index contributed by atoms with van der Waals surface area (Å²) in [4.78, 5) is 12.6. The number of nitriles is 1. The summed E-state index contributed by atoms with van der Waals surface area (Å²) in [5.74, 6) is 0.432. The van der Waals surface area contributed by atoms with Gasteiger partial charge in [-0.1, -0.05) is 6.07 Å². The predicted molar refractivity (Wildman–Crippen MR) is 111 cm³/mol. The molecular formula is C20H23N3O5S. The number of benzene rings is 2. The zero-order valence-electron chi connectivity index (χ0n) is 16.5. The summed E-state index contributed by atoms with van der Waals surface area (Å²) in [5, 5.41) is 11.7. The summed E-state index contributed by atoms with van der Waals surface area (Å²) >= 11 is 0. The van der Waals surface area contributed by atoms with Crippen LogP contribution in [0.2, 0.25) is 0 Å². The van der Waals surface area contributed by atoms with E-state index in [-0.39, 0.29) is 5.69 Å². The summed E-state index contributed by atoms with van der Waals surface area (Å²) < 4.78 is 36.4. The fraction of sp³-hybridized carbons (Fsp3) is 0.300. The summed E-state index contributed by atoms with van der Waals surface area (Å²) in [5.41, 5.74) is 0.899. The molecule has 0 unspecified atom stereocenters. The van der Waals surface area contributed by atoms with E-state index in [0.717, 1.165) is 10.6 Å². The SMILES string of the molecule is CCOc1ccc(OCC)c(NC(=O)CN(c2cccc(C#N)c2)S(C)(=O)=O)c1. The maximum atomic E-state index is 12.6. The van der Waals surface area contributed by atoms with Crippen LogP contribution in [-0.4, -0.2) is 40.3 Å². The van der Waals surface area contributed by atoms with E-state index in [1.165, 1.54) is 12.1 Å². The van der Waals surface area contributed by atoms with E-state index in [1.54, 1.807) is 30.3 Å². The van der Waals surface area contributed by atoms with Crippen LogP contribution in [0.1, 0.15) is 19.4 Å². The lowest BCUT2D eigenvalue weighted by molar-refractivity contribution is -0.114. The second kappa shape index (κ2) is 9.80. The zero-order valence-corrected chi connectivity index (χ0v) is 17.3. The Bertz CT molecular complexity index is 1020. The maximum Gasteiger partial charge on any atom is 0.245 e. The molecule has 1 amide bonds. The first-order valence-electron chi connectivity index (χ1n) is 8.95. The van der Waals surface area contributed by atoms with Crippen LogP contribution >= 0.6 is 0 Å². The molecule has 0 aliphatic rings. The molecule has 0 saturated carbocycles. The van der Waals surface area contributed by atoms with Crippen molar-refractivity contribution in [1.29, 1.82) is 5.26 Å². The number of nitrogens with zero attached hydrogens (tertiary/aromatic N) is 2. The Morgan fingerprint density at radius 2 is 1.86 bits per heavy atom. The molecule has 9 heteroatoms. The summed E-state index contributed by atoms with van der Waals surface area (Å²) in [6.07, 6.45) is 1.00. The Balaban J connectivity index is 2.29. The van der Waals surface area contributed by atoms with Gasteiger partial charge in [-0.25, -0.2) is 8.42 Å². The van der Waals surface area contributed by atoms with Crippen LogP contribution < -0.4 is 19.1 Å². The third-order valence-corrected chi connectivity index (χ3v) is 4.93. The molecule has 0 aliphatic heterocycles. The van der Waals surface area contributed by atoms with Gasteiger partial charge in [-0.2, -0.15) is 5.26 Å². The highest BCUT2D eigenvalue weighted by Gasteiger charge is 2.22. The van der Waals surface area contributed by atoms with Crippen LogP contribution in [-0.2, 0) is 14.8 Å². The lowest BCUT2D eigenvalue weighted by atomic mass is 10.2. The molecule has 0 atom stereocenters. The third-order valence-electron chi connectivity index (χ3n) is 3.79. The maximum absolute atomic E-state index is 12.6. The molecule has 29 heavy (non-hydrogen) atoms. The quantitative estimate of drug-likeness (QED) is 0.672. The lowest BCUT2D eigenvalue weighted by Crippen LogP contribution is -2.37. The van der Waals surface area contributed by atoms with Crippen molar-refractivity contribution >= 4 is 27.3 Å². The van der Waals surface area contributed by atoms with Gasteiger partial charge in [0.25, 0.3) is 0 Å². The molecule has 0 heterocycles. The Labute approximate surface area is 170 Å². The molecule has 0 fully saturated rings. The molecule has 2 aromatic carbocycles. The molecule has 0 aromatic heterocycles. The Hall–Kier alpha value is -3.25. The number of rotatable bonds is 9. The minimum atomic E-state index is -3.76. The standard InChI is InChI=1S/C20H23N3O5S/c1-4-27-17-9-10-19(28-5-2)18(12-17)22-20(24)14-23(29(3,25)26)16-8-6-7-15(11-16)13-21/h6-12H,4-5,14H2,1-3H3,(H,22,24). The van der Waals surface area contributed by atoms with Crippen molar-refractivity contribution in [3.05, 3.63) is 48.0 Å². The number of sulfonamides is 1. The van der Waals surface area contributed by atoms with Crippen LogP contribution in [0.3, 0.4) is 0 Å². The molecule has 0 radical (unpaired) electrons. The number of hydrogen-bond acceptors (Lipinski definition) is 6. The molecule has 8 nitrogen and oxygen atoms in total. The molecule has 1 N–H and O–H groups in total. The highest BCUT2D eigenvalue weighted by Crippen LogP contribution is 2.29. The normalized spacial score (nSPS) is 10.7. The number of hydrogen-bond donors (Lipinski definition) is 1. The monoisotopic (exact) mass is 417 g/mol. The van der Waals surface area contributed by atoms with E-state index in [0.29, 0.717) is 36.0 Å². The molecule has 0 saturated heterocycles. The zero-order chi connectivity index (χ0) is 21.4. The smallest absolute Gasteiger partial charge is 0.245 e. The molecule has 0 spiro atoms. The average Bonchev–Trinajstić information content (AvgIpc) is 2.67. The van der Waals surface area contributed by atoms with Gasteiger partial charge >= 0.3 is 0 Å². The fourth-order valence-electron chi connectivity index (χ4n) is 2.60. The first-order chi connectivity index (χ1) is 13.8. The summed E-state index contributed by atoms with van der Waals surface area (Å²) in [6, 6.07) is 13.0. The van der Waals surface area contributed by atoms with E-state index < -0.39 is 22.5 Å². The lowest BCUT2D eigenvalue weighted by Gasteiger charge is -2.22. The van der Waals surface area contributed by atoms with E-state index in [4.69, 9.17) is 14.7 Å². The van der Waals surface area contributed by atoms with Crippen molar-refractivity contribution in [2.24, 2.45) is 0 Å². The molecular weight excluding hydrogens is 394 g/mol. The first-order valence-corrected chi connectivity index (χ1v) is 10.8. The van der Waals surface area contributed by atoms with Gasteiger partial charge < -0.3 is 14.8 Å². The highest BCUT2D eigenvalue weighted by atomic mass is 32.2. The fourth-order valence-corrected chi connectivity index (χ4v) is 3.44. The summed E-state index contributed by atoms with van der Waals surface area (Å²) in [6.45, 7) is 4.05. The summed E-state index contributed by atoms with van der Waals surface area (Å²) in [7, 11) is -3.76. The van der Waals surface area contributed by atoms with Crippen LogP contribution in [0, 0.1) is 11.3 Å². The van der Waals surface area contributed by atoms with Crippen molar-refractivity contribution in [1.82, 2.24) is 0 Å². The van der Waals surface area contributed by atoms with E-state index in [9.17, 15) is 13.2 Å². The molecule has 0 bridgehead atoms. The van der Waals surface area contributed by atoms with Gasteiger partial charge in [-0.3, -0.25) is 9.10 Å². The number of ether oxygens (including phenoxy) is 2. The van der Waals surface area contributed by atoms with Crippen LogP contribution in [0.5, 0.6) is 11.5 Å². The third kappa shape index (κ3) is 6.12. The van der Waals surface area contributed by atoms with Crippen molar-refractivity contribution in [3.63, 3.8) is 0 Å². The first kappa shape index (κ1) is 22.0. The van der Waals surface area contributed by atoms with Gasteiger partial charge in [0.15, 0.2) is 0 Å². The molecule has 2 rings (SSSR count). The van der Waals surface area contributed by atoms with Crippen molar-refractivity contribution in [2.45, 2.75) is 13.8 Å². The van der Waals surface area contributed by atoms with Gasteiger partial charge in [0, 0.05) is 6.07 Å². The second-order valence-electron chi connectivity index (χ2n) is 6.00. The number of anilines is 2. The molecule has 0 aliphatic carbocycles. The van der Waals surface area contributed by atoms with E-state index >= 15 is 0 Å². The van der Waals surface area contributed by atoms with Gasteiger partial charge in [0.1, 0.15) is 18.0 Å². The second-order valence-corrected chi connectivity index (χ2v) is 7.91. The van der Waals surface area contributed by atoms with Gasteiger partial charge in [-0.05, 0) is 44.2 Å². The Morgan fingerprint density at radius 1 is 1.14 bits per heavy atom. The minimum Gasteiger partial charge on any atom is -0.494 e. The minimum absolute atomic E-state index is 0.231. The van der Waals surface area contributed by atoms with E-state index in [1.807, 2.05) is 19.9 Å². The van der Waals surface area contributed by atoms with Crippen LogP contribution in [0.15, 0.2) is 42.5 Å². The van der Waals surface area contributed by atoms with Gasteiger partial charge in [0.05, 0.1) is 42.5 Å². The van der Waals surface area contributed by atoms with Crippen molar-refractivity contribution in [2.75, 3.05) is 35.6 Å². The highest BCUT2D eigenvalue weighted by molar-refractivity contribution is 7.92. The molecule has 2 aromatic rings. The number of nitrogens with one attached hydrogen (secondary N) is 1. The van der Waals surface area contributed by atoms with Crippen LogP contribution in [0.4, 0.5) is 11.4 Å². The number of amides is 1. The number of carbonyl (C=O) groups is 1. The van der Waals surface area contributed by atoms with Gasteiger partial charge in [0.2, 0.25) is 15.9 Å². The molecule has 154 valence electrons. The Morgan fingerprint density at radius 3 is 2.48 bits per heavy atom. The largest absolute Gasteiger partial charge is 0.494 e. The van der Waals surface area contributed by atoms with Crippen molar-refractivity contribution in [3.8, 4) is 17.6 Å². The number of carbonyl (C=O) groups excluding carboxylic acids is 1. The van der Waals surface area contributed by atoms with Crippen LogP contribution in [0.25, 0.3) is 0 Å². The van der Waals surface area contributed by atoms with E-state index in [2.05, 4.69) is 5.32 Å². The van der Waals surface area contributed by atoms with Crippen molar-refractivity contribution < 1.29 is 22.7 Å². The Kier molecular flexibility index (Phi) is 7.45. The predicted octanol–water partition coefficient (Wildman–Crippen LogP) is 2.76. The van der Waals surface area contributed by atoms with Gasteiger partial charge in [-0.15, -0.1) is 0 Å². The topological polar surface area (TPSA) is 109 Å².